The summed E-state index contributed by atoms with van der Waals surface area (Å²) in [6, 6.07) is 18.2. The third-order valence-electron chi connectivity index (χ3n) is 7.55. The normalized spacial score (nSPS) is 12.0. The van der Waals surface area contributed by atoms with E-state index in [1.807, 2.05) is 42.6 Å². The van der Waals surface area contributed by atoms with Gasteiger partial charge in [-0.2, -0.15) is 4.98 Å². The van der Waals surface area contributed by atoms with Crippen LogP contribution < -0.4 is 32.9 Å². The van der Waals surface area contributed by atoms with Crippen molar-refractivity contribution in [2.24, 2.45) is 27.6 Å². The highest BCUT2D eigenvalue weighted by molar-refractivity contribution is 5.76. The van der Waals surface area contributed by atoms with Gasteiger partial charge in [-0.05, 0) is 59.8 Å². The van der Waals surface area contributed by atoms with Gasteiger partial charge in [-0.25, -0.2) is 4.79 Å². The van der Waals surface area contributed by atoms with Gasteiger partial charge < -0.3 is 32.2 Å². The summed E-state index contributed by atoms with van der Waals surface area (Å²) in [5.41, 5.74) is 21.0. The SMILES string of the molecule is CC(C)(C)c1cc2cn(-c3ccc(CNCCCN=C(N)N)cc3)c(=O)nc2[nH]1.CC(C)(CN)COc1cccc(C(C)(C)C)c1. The van der Waals surface area contributed by atoms with Crippen LogP contribution >= 0.6 is 0 Å². The quantitative estimate of drug-likeness (QED) is 0.0873. The largest absolute Gasteiger partial charge is 0.493 e. The summed E-state index contributed by atoms with van der Waals surface area (Å²) in [6.07, 6.45) is 2.71. The van der Waals surface area contributed by atoms with Crippen LogP contribution in [0.2, 0.25) is 0 Å². The summed E-state index contributed by atoms with van der Waals surface area (Å²) in [5, 5.41) is 4.27. The molecule has 0 radical (unpaired) electrons. The van der Waals surface area contributed by atoms with E-state index in [1.165, 1.54) is 5.56 Å². The second-order valence-corrected chi connectivity index (χ2v) is 14.6. The van der Waals surface area contributed by atoms with Crippen molar-refractivity contribution in [2.45, 2.75) is 79.2 Å². The number of hydrogen-bond acceptors (Lipinski definition) is 6. The molecule has 4 aromatic rings. The Labute approximate surface area is 273 Å². The average molecular weight is 631 g/mol. The summed E-state index contributed by atoms with van der Waals surface area (Å²) in [6.45, 7) is 20.7. The van der Waals surface area contributed by atoms with Crippen molar-refractivity contribution in [1.29, 1.82) is 0 Å². The molecule has 2 aromatic carbocycles. The number of hydrogen-bond donors (Lipinski definition) is 5. The van der Waals surface area contributed by atoms with Gasteiger partial charge in [0.25, 0.3) is 0 Å². The van der Waals surface area contributed by atoms with Crippen LogP contribution in [0.1, 0.15) is 78.6 Å². The Kier molecular flexibility index (Phi) is 12.2. The maximum Gasteiger partial charge on any atom is 0.354 e. The topological polar surface area (TPSA) is 162 Å². The molecule has 0 saturated heterocycles. The molecule has 0 fully saturated rings. The van der Waals surface area contributed by atoms with Crippen molar-refractivity contribution in [1.82, 2.24) is 19.9 Å². The van der Waals surface area contributed by atoms with Crippen LogP contribution in [0.25, 0.3) is 16.7 Å². The zero-order valence-electron chi connectivity index (χ0n) is 28.9. The van der Waals surface area contributed by atoms with Crippen molar-refractivity contribution < 1.29 is 4.74 Å². The number of nitrogens with two attached hydrogens (primary N) is 3. The number of benzene rings is 2. The smallest absolute Gasteiger partial charge is 0.354 e. The summed E-state index contributed by atoms with van der Waals surface area (Å²) in [4.78, 5) is 23.9. The minimum absolute atomic E-state index is 0.0255. The number of aromatic amines is 1. The summed E-state index contributed by atoms with van der Waals surface area (Å²) >= 11 is 0. The van der Waals surface area contributed by atoms with Gasteiger partial charge in [0, 0.05) is 47.7 Å². The number of aromatic nitrogens is 3. The number of H-pyrrole nitrogens is 1. The monoisotopic (exact) mass is 630 g/mol. The van der Waals surface area contributed by atoms with E-state index in [9.17, 15) is 4.79 Å². The molecular weight excluding hydrogens is 576 g/mol. The molecule has 10 heteroatoms. The molecule has 0 aliphatic heterocycles. The third-order valence-corrected chi connectivity index (χ3v) is 7.55. The number of rotatable bonds is 11. The van der Waals surface area contributed by atoms with Crippen LogP contribution in [0.5, 0.6) is 5.75 Å². The zero-order valence-corrected chi connectivity index (χ0v) is 28.9. The van der Waals surface area contributed by atoms with E-state index in [0.29, 0.717) is 25.3 Å². The first-order valence-electron chi connectivity index (χ1n) is 15.9. The molecule has 2 heterocycles. The highest BCUT2D eigenvalue weighted by atomic mass is 16.5. The Hall–Kier alpha value is -4.15. The molecule has 250 valence electrons. The van der Waals surface area contributed by atoms with Crippen LogP contribution in [0.4, 0.5) is 0 Å². The first-order valence-corrected chi connectivity index (χ1v) is 15.9. The molecule has 0 aliphatic rings. The van der Waals surface area contributed by atoms with Gasteiger partial charge in [0.15, 0.2) is 5.96 Å². The van der Waals surface area contributed by atoms with Gasteiger partial charge in [-0.15, -0.1) is 0 Å². The molecule has 10 nitrogen and oxygen atoms in total. The van der Waals surface area contributed by atoms with Gasteiger partial charge in [0.2, 0.25) is 0 Å². The number of fused-ring (bicyclic) bond motifs is 1. The number of aliphatic imine (C=N–C) groups is 1. The molecule has 0 aliphatic carbocycles. The summed E-state index contributed by atoms with van der Waals surface area (Å²) < 4.78 is 7.40. The molecule has 0 bridgehead atoms. The number of ether oxygens (including phenoxy) is 1. The maximum atomic E-state index is 12.5. The van der Waals surface area contributed by atoms with Crippen LogP contribution in [-0.4, -0.2) is 46.7 Å². The standard InChI is InChI=1S/C21H29N7O.C15H25NO/c1-21(2,3)17-11-15-13-28(20(29)27-18(15)26-17)16-7-5-14(6-8-16)12-24-9-4-10-25-19(22)23;1-14(2,3)12-7-6-8-13(9-12)17-11-15(4,5)10-16/h5-8,11,13,24H,4,9-10,12H2,1-3H3,(H4,22,23,25)(H,26,27,29);6-9H,10-11,16H2,1-5H3. The lowest BCUT2D eigenvalue weighted by molar-refractivity contribution is 0.187. The molecule has 0 atom stereocenters. The second kappa shape index (κ2) is 15.4. The number of nitrogens with zero attached hydrogens (tertiary/aromatic N) is 3. The Morgan fingerprint density at radius 2 is 1.67 bits per heavy atom. The second-order valence-electron chi connectivity index (χ2n) is 14.6. The van der Waals surface area contributed by atoms with Gasteiger partial charge >= 0.3 is 5.69 Å². The number of guanidine groups is 1. The Morgan fingerprint density at radius 1 is 0.978 bits per heavy atom. The van der Waals surface area contributed by atoms with Gasteiger partial charge in [0.05, 0.1) is 12.3 Å². The van der Waals surface area contributed by atoms with Crippen molar-refractivity contribution in [3.63, 3.8) is 0 Å². The van der Waals surface area contributed by atoms with E-state index in [2.05, 4.69) is 93.9 Å². The van der Waals surface area contributed by atoms with Crippen molar-refractivity contribution in [3.05, 3.63) is 88.1 Å². The Balaban J connectivity index is 0.000000289. The third kappa shape index (κ3) is 11.0. The van der Waals surface area contributed by atoms with E-state index < -0.39 is 0 Å². The zero-order chi connectivity index (χ0) is 34.1. The Bertz CT molecular complexity index is 1630. The van der Waals surface area contributed by atoms with Crippen LogP contribution in [-0.2, 0) is 17.4 Å². The minimum atomic E-state index is -0.301. The predicted molar refractivity (Wildman–Crippen MR) is 191 cm³/mol. The summed E-state index contributed by atoms with van der Waals surface area (Å²) in [5.74, 6) is 1.05. The lowest BCUT2D eigenvalue weighted by atomic mass is 9.87. The average Bonchev–Trinajstić information content (AvgIpc) is 3.41. The van der Waals surface area contributed by atoms with Gasteiger partial charge in [0.1, 0.15) is 11.4 Å². The lowest BCUT2D eigenvalue weighted by Gasteiger charge is -2.24. The summed E-state index contributed by atoms with van der Waals surface area (Å²) in [7, 11) is 0. The first kappa shape index (κ1) is 36.3. The first-order chi connectivity index (χ1) is 21.5. The molecule has 0 unspecified atom stereocenters. The lowest BCUT2D eigenvalue weighted by Crippen LogP contribution is -2.30. The Morgan fingerprint density at radius 3 is 2.28 bits per heavy atom. The van der Waals surface area contributed by atoms with Gasteiger partial charge in [-0.1, -0.05) is 79.7 Å². The highest BCUT2D eigenvalue weighted by Gasteiger charge is 2.19. The number of nitrogens with one attached hydrogen (secondary N) is 2. The molecule has 8 N–H and O–H groups in total. The molecule has 4 rings (SSSR count). The van der Waals surface area contributed by atoms with Crippen molar-refractivity contribution in [2.75, 3.05) is 26.2 Å². The fourth-order valence-electron chi connectivity index (χ4n) is 4.39. The molecule has 0 saturated carbocycles. The minimum Gasteiger partial charge on any atom is -0.493 e. The molecule has 0 amide bonds. The van der Waals surface area contributed by atoms with E-state index in [-0.39, 0.29) is 27.9 Å². The van der Waals surface area contributed by atoms with E-state index in [4.69, 9.17) is 21.9 Å². The molecule has 0 spiro atoms. The fraction of sp³-hybridized carbons (Fsp3) is 0.472. The fourth-order valence-corrected chi connectivity index (χ4v) is 4.39. The van der Waals surface area contributed by atoms with Gasteiger partial charge in [-0.3, -0.25) is 9.56 Å². The van der Waals surface area contributed by atoms with Crippen LogP contribution in [0, 0.1) is 5.41 Å². The van der Waals surface area contributed by atoms with Crippen molar-refractivity contribution >= 4 is 17.0 Å². The van der Waals surface area contributed by atoms with Crippen molar-refractivity contribution in [3.8, 4) is 11.4 Å². The van der Waals surface area contributed by atoms with E-state index in [0.717, 1.165) is 47.6 Å². The van der Waals surface area contributed by atoms with Crippen LogP contribution in [0.3, 0.4) is 0 Å². The van der Waals surface area contributed by atoms with Crippen LogP contribution in [0.15, 0.2) is 70.6 Å². The molecule has 2 aromatic heterocycles. The molecule has 46 heavy (non-hydrogen) atoms. The highest BCUT2D eigenvalue weighted by Crippen LogP contribution is 2.27. The van der Waals surface area contributed by atoms with E-state index >= 15 is 0 Å². The molecular formula is C36H54N8O2. The predicted octanol–water partition coefficient (Wildman–Crippen LogP) is 5.11. The maximum absolute atomic E-state index is 12.5. The van der Waals surface area contributed by atoms with E-state index in [1.54, 1.807) is 4.57 Å².